The zero-order valence-electron chi connectivity index (χ0n) is 11.7. The monoisotopic (exact) mass is 251 g/mol. The van der Waals surface area contributed by atoms with Gasteiger partial charge in [0.25, 0.3) is 0 Å². The second-order valence-corrected chi connectivity index (χ2v) is 6.65. The van der Waals surface area contributed by atoms with Crippen LogP contribution in [0.2, 0.25) is 0 Å². The van der Waals surface area contributed by atoms with Gasteiger partial charge in [-0.2, -0.15) is 0 Å². The van der Waals surface area contributed by atoms with Crippen LogP contribution in [-0.4, -0.2) is 54.6 Å². The fourth-order valence-corrected chi connectivity index (χ4v) is 4.19. The first-order valence-corrected chi connectivity index (χ1v) is 8.05. The van der Waals surface area contributed by atoms with Crippen LogP contribution in [0.15, 0.2) is 0 Å². The molecule has 0 amide bonds. The van der Waals surface area contributed by atoms with E-state index in [4.69, 9.17) is 5.73 Å². The maximum atomic E-state index is 6.37. The molecule has 2 N–H and O–H groups in total. The summed E-state index contributed by atoms with van der Waals surface area (Å²) in [6.45, 7) is 6.50. The van der Waals surface area contributed by atoms with E-state index in [0.717, 1.165) is 12.0 Å². The molecular formula is C15H29N3. The standard InChI is InChI=1S/C15H29N3/c16-15-7-3-1-2-5-13(15)11-17-9-10-18-8-4-6-14(18)12-17/h13-15H,1-12,16H2. The Kier molecular flexibility index (Phi) is 4.22. The molecule has 0 radical (unpaired) electrons. The molecular weight excluding hydrogens is 222 g/mol. The Morgan fingerprint density at radius 1 is 0.889 bits per heavy atom. The van der Waals surface area contributed by atoms with Gasteiger partial charge in [0, 0.05) is 38.3 Å². The van der Waals surface area contributed by atoms with E-state index in [1.165, 1.54) is 77.7 Å². The van der Waals surface area contributed by atoms with Crippen LogP contribution in [-0.2, 0) is 0 Å². The van der Waals surface area contributed by atoms with Gasteiger partial charge in [-0.05, 0) is 38.1 Å². The minimum absolute atomic E-state index is 0.467. The molecule has 0 aromatic heterocycles. The van der Waals surface area contributed by atoms with Crippen molar-refractivity contribution in [3.63, 3.8) is 0 Å². The van der Waals surface area contributed by atoms with Gasteiger partial charge in [-0.1, -0.05) is 19.3 Å². The molecule has 3 fully saturated rings. The van der Waals surface area contributed by atoms with Crippen LogP contribution in [0.25, 0.3) is 0 Å². The first-order valence-electron chi connectivity index (χ1n) is 8.05. The van der Waals surface area contributed by atoms with Crippen molar-refractivity contribution in [2.75, 3.05) is 32.7 Å². The van der Waals surface area contributed by atoms with Gasteiger partial charge in [0.05, 0.1) is 0 Å². The van der Waals surface area contributed by atoms with Gasteiger partial charge in [0.1, 0.15) is 0 Å². The van der Waals surface area contributed by atoms with Gasteiger partial charge in [-0.15, -0.1) is 0 Å². The fourth-order valence-electron chi connectivity index (χ4n) is 4.19. The zero-order valence-corrected chi connectivity index (χ0v) is 11.7. The highest BCUT2D eigenvalue weighted by atomic mass is 15.3. The molecule has 2 heterocycles. The SMILES string of the molecule is NC1CCCCCC1CN1CCN2CCCC2C1. The smallest absolute Gasteiger partial charge is 0.0224 e. The molecule has 3 heteroatoms. The van der Waals surface area contributed by atoms with Crippen molar-refractivity contribution in [2.45, 2.75) is 57.0 Å². The highest BCUT2D eigenvalue weighted by Gasteiger charge is 2.32. The number of nitrogens with zero attached hydrogens (tertiary/aromatic N) is 2. The molecule has 104 valence electrons. The third-order valence-corrected chi connectivity index (χ3v) is 5.38. The molecule has 0 spiro atoms. The topological polar surface area (TPSA) is 32.5 Å². The van der Waals surface area contributed by atoms with Crippen LogP contribution in [0, 0.1) is 5.92 Å². The average molecular weight is 251 g/mol. The quantitative estimate of drug-likeness (QED) is 0.758. The van der Waals surface area contributed by atoms with E-state index in [2.05, 4.69) is 9.80 Å². The summed E-state index contributed by atoms with van der Waals surface area (Å²) in [6, 6.07) is 1.33. The minimum Gasteiger partial charge on any atom is -0.327 e. The summed E-state index contributed by atoms with van der Waals surface area (Å²) in [5, 5.41) is 0. The summed E-state index contributed by atoms with van der Waals surface area (Å²) < 4.78 is 0. The summed E-state index contributed by atoms with van der Waals surface area (Å²) in [5.74, 6) is 0.764. The lowest BCUT2D eigenvalue weighted by Crippen LogP contribution is -2.52. The third kappa shape index (κ3) is 2.89. The Morgan fingerprint density at radius 3 is 2.72 bits per heavy atom. The lowest BCUT2D eigenvalue weighted by atomic mass is 9.94. The Morgan fingerprint density at radius 2 is 1.78 bits per heavy atom. The van der Waals surface area contributed by atoms with E-state index in [1.807, 2.05) is 0 Å². The number of rotatable bonds is 2. The molecule has 0 bridgehead atoms. The van der Waals surface area contributed by atoms with Gasteiger partial charge in [0.2, 0.25) is 0 Å². The molecule has 2 aliphatic heterocycles. The molecule has 0 aromatic rings. The Balaban J connectivity index is 1.52. The number of hydrogen-bond donors (Lipinski definition) is 1. The molecule has 2 saturated heterocycles. The molecule has 0 aromatic carbocycles. The van der Waals surface area contributed by atoms with Crippen molar-refractivity contribution in [3.05, 3.63) is 0 Å². The van der Waals surface area contributed by atoms with Gasteiger partial charge < -0.3 is 10.6 Å². The minimum atomic E-state index is 0.467. The molecule has 3 nitrogen and oxygen atoms in total. The first kappa shape index (κ1) is 12.9. The Hall–Kier alpha value is -0.120. The van der Waals surface area contributed by atoms with Gasteiger partial charge in [-0.3, -0.25) is 4.90 Å². The number of piperazine rings is 1. The second kappa shape index (κ2) is 5.89. The molecule has 3 rings (SSSR count). The van der Waals surface area contributed by atoms with Gasteiger partial charge in [0.15, 0.2) is 0 Å². The predicted octanol–water partition coefficient (Wildman–Crippen LogP) is 1.67. The predicted molar refractivity (Wildman–Crippen MR) is 75.6 cm³/mol. The van der Waals surface area contributed by atoms with E-state index < -0.39 is 0 Å². The van der Waals surface area contributed by atoms with Crippen molar-refractivity contribution < 1.29 is 0 Å². The lowest BCUT2D eigenvalue weighted by Gasteiger charge is -2.39. The van der Waals surface area contributed by atoms with E-state index >= 15 is 0 Å². The van der Waals surface area contributed by atoms with Crippen molar-refractivity contribution in [1.82, 2.24) is 9.80 Å². The summed E-state index contributed by atoms with van der Waals surface area (Å²) in [6.07, 6.45) is 9.63. The molecule has 3 atom stereocenters. The van der Waals surface area contributed by atoms with E-state index in [9.17, 15) is 0 Å². The third-order valence-electron chi connectivity index (χ3n) is 5.38. The van der Waals surface area contributed by atoms with E-state index in [1.54, 1.807) is 0 Å². The summed E-state index contributed by atoms with van der Waals surface area (Å²) in [7, 11) is 0. The molecule has 3 aliphatic rings. The van der Waals surface area contributed by atoms with Gasteiger partial charge >= 0.3 is 0 Å². The van der Waals surface area contributed by atoms with Crippen molar-refractivity contribution >= 4 is 0 Å². The Bertz CT molecular complexity index is 268. The average Bonchev–Trinajstić information content (AvgIpc) is 2.75. The first-order chi connectivity index (χ1) is 8.83. The van der Waals surface area contributed by atoms with Crippen molar-refractivity contribution in [1.29, 1.82) is 0 Å². The summed E-state index contributed by atoms with van der Waals surface area (Å²) in [4.78, 5) is 5.41. The highest BCUT2D eigenvalue weighted by molar-refractivity contribution is 4.88. The summed E-state index contributed by atoms with van der Waals surface area (Å²) >= 11 is 0. The second-order valence-electron chi connectivity index (χ2n) is 6.65. The molecule has 1 saturated carbocycles. The largest absolute Gasteiger partial charge is 0.327 e. The van der Waals surface area contributed by atoms with Crippen molar-refractivity contribution in [3.8, 4) is 0 Å². The van der Waals surface area contributed by atoms with Crippen LogP contribution in [0.3, 0.4) is 0 Å². The maximum absolute atomic E-state index is 6.37. The summed E-state index contributed by atoms with van der Waals surface area (Å²) in [5.41, 5.74) is 6.37. The van der Waals surface area contributed by atoms with Crippen LogP contribution >= 0.6 is 0 Å². The van der Waals surface area contributed by atoms with Crippen LogP contribution in [0.5, 0.6) is 0 Å². The lowest BCUT2D eigenvalue weighted by molar-refractivity contribution is 0.0865. The van der Waals surface area contributed by atoms with Gasteiger partial charge in [-0.25, -0.2) is 0 Å². The molecule has 3 unspecified atom stereocenters. The zero-order chi connectivity index (χ0) is 12.4. The van der Waals surface area contributed by atoms with Crippen LogP contribution in [0.4, 0.5) is 0 Å². The van der Waals surface area contributed by atoms with E-state index in [0.29, 0.717) is 6.04 Å². The molecule has 18 heavy (non-hydrogen) atoms. The molecule has 1 aliphatic carbocycles. The maximum Gasteiger partial charge on any atom is 0.0224 e. The van der Waals surface area contributed by atoms with E-state index in [-0.39, 0.29) is 0 Å². The van der Waals surface area contributed by atoms with Crippen LogP contribution < -0.4 is 5.73 Å². The highest BCUT2D eigenvalue weighted by Crippen LogP contribution is 2.26. The number of nitrogens with two attached hydrogens (primary N) is 1. The number of hydrogen-bond acceptors (Lipinski definition) is 3. The fraction of sp³-hybridized carbons (Fsp3) is 1.00. The Labute approximate surface area is 112 Å². The number of fused-ring (bicyclic) bond motifs is 1. The normalized spacial score (nSPS) is 39.5. The van der Waals surface area contributed by atoms with Crippen LogP contribution in [0.1, 0.15) is 44.9 Å². The van der Waals surface area contributed by atoms with Crippen molar-refractivity contribution in [2.24, 2.45) is 11.7 Å².